The summed E-state index contributed by atoms with van der Waals surface area (Å²) in [5.74, 6) is 1.79. The number of allylic oxidation sites excluding steroid dienone is 1. The lowest BCUT2D eigenvalue weighted by molar-refractivity contribution is 0.709. The van der Waals surface area contributed by atoms with Crippen LogP contribution >= 0.6 is 0 Å². The highest BCUT2D eigenvalue weighted by Crippen LogP contribution is 2.16. The molecule has 0 aliphatic carbocycles. The van der Waals surface area contributed by atoms with Crippen molar-refractivity contribution in [1.82, 2.24) is 9.55 Å². The molecule has 1 aromatic rings. The maximum Gasteiger partial charge on any atom is 0.127 e. The first-order chi connectivity index (χ1) is 7.20. The second kappa shape index (κ2) is 5.59. The van der Waals surface area contributed by atoms with Gasteiger partial charge < -0.3 is 10.3 Å². The number of nitrogens with two attached hydrogens (primary N) is 1. The Morgan fingerprint density at radius 2 is 2.20 bits per heavy atom. The molecule has 0 aliphatic heterocycles. The van der Waals surface area contributed by atoms with Gasteiger partial charge in [-0.15, -0.1) is 6.58 Å². The highest BCUT2D eigenvalue weighted by atomic mass is 15.1. The molecule has 0 saturated carbocycles. The normalized spacial score (nSPS) is 10.5. The Labute approximate surface area is 92.0 Å². The number of aryl methyl sites for hydroxylation is 2. The van der Waals surface area contributed by atoms with Gasteiger partial charge >= 0.3 is 0 Å². The number of rotatable bonds is 6. The lowest BCUT2D eigenvalue weighted by Gasteiger charge is -2.03. The van der Waals surface area contributed by atoms with E-state index in [0.29, 0.717) is 0 Å². The van der Waals surface area contributed by atoms with Crippen LogP contribution < -0.4 is 5.73 Å². The minimum Gasteiger partial charge on any atom is -0.384 e. The summed E-state index contributed by atoms with van der Waals surface area (Å²) in [7, 11) is 0. The first-order valence-electron chi connectivity index (χ1n) is 5.63. The van der Waals surface area contributed by atoms with E-state index < -0.39 is 0 Å². The van der Waals surface area contributed by atoms with Gasteiger partial charge in [-0.3, -0.25) is 0 Å². The molecule has 3 heteroatoms. The largest absolute Gasteiger partial charge is 0.384 e. The van der Waals surface area contributed by atoms with Gasteiger partial charge in [0, 0.05) is 6.54 Å². The number of anilines is 1. The third-order valence-corrected chi connectivity index (χ3v) is 2.60. The molecule has 0 atom stereocenters. The summed E-state index contributed by atoms with van der Waals surface area (Å²) in [5.41, 5.74) is 7.07. The molecule has 2 N–H and O–H groups in total. The molecule has 0 spiro atoms. The molecule has 3 nitrogen and oxygen atoms in total. The average molecular weight is 207 g/mol. The highest BCUT2D eigenvalue weighted by molar-refractivity contribution is 5.38. The van der Waals surface area contributed by atoms with Gasteiger partial charge in [0.2, 0.25) is 0 Å². The van der Waals surface area contributed by atoms with Crippen molar-refractivity contribution in [3.05, 3.63) is 24.2 Å². The van der Waals surface area contributed by atoms with E-state index in [9.17, 15) is 0 Å². The fourth-order valence-electron chi connectivity index (χ4n) is 1.73. The lowest BCUT2D eigenvalue weighted by atomic mass is 10.1. The van der Waals surface area contributed by atoms with E-state index in [-0.39, 0.29) is 0 Å². The van der Waals surface area contributed by atoms with Gasteiger partial charge in [-0.25, -0.2) is 4.98 Å². The number of imidazole rings is 1. The minimum atomic E-state index is 0.748. The Morgan fingerprint density at radius 1 is 1.47 bits per heavy atom. The average Bonchev–Trinajstić information content (AvgIpc) is 2.47. The quantitative estimate of drug-likeness (QED) is 0.575. The highest BCUT2D eigenvalue weighted by Gasteiger charge is 2.09. The number of nitrogen functional groups attached to an aromatic ring is 1. The van der Waals surface area contributed by atoms with Crippen molar-refractivity contribution < 1.29 is 0 Å². The molecule has 15 heavy (non-hydrogen) atoms. The molecule has 0 aliphatic rings. The summed E-state index contributed by atoms with van der Waals surface area (Å²) in [6.45, 7) is 8.66. The third kappa shape index (κ3) is 2.85. The molecule has 0 bridgehead atoms. The van der Waals surface area contributed by atoms with Gasteiger partial charge in [0.05, 0.1) is 5.69 Å². The van der Waals surface area contributed by atoms with Crippen molar-refractivity contribution in [2.24, 2.45) is 0 Å². The van der Waals surface area contributed by atoms with Crippen LogP contribution in [0.2, 0.25) is 0 Å². The number of hydrogen-bond acceptors (Lipinski definition) is 2. The number of hydrogen-bond donors (Lipinski definition) is 1. The fraction of sp³-hybridized carbons (Fsp3) is 0.583. The molecular formula is C12H21N3. The van der Waals surface area contributed by atoms with Crippen molar-refractivity contribution >= 4 is 5.82 Å². The summed E-state index contributed by atoms with van der Waals surface area (Å²) in [6, 6.07) is 0. The molecule has 1 heterocycles. The van der Waals surface area contributed by atoms with Crippen LogP contribution in [0, 0.1) is 6.92 Å². The van der Waals surface area contributed by atoms with Crippen LogP contribution in [-0.4, -0.2) is 9.55 Å². The fourth-order valence-corrected chi connectivity index (χ4v) is 1.73. The van der Waals surface area contributed by atoms with Crippen molar-refractivity contribution in [2.45, 2.75) is 46.1 Å². The van der Waals surface area contributed by atoms with Gasteiger partial charge in [0.25, 0.3) is 0 Å². The monoisotopic (exact) mass is 207 g/mol. The zero-order valence-electron chi connectivity index (χ0n) is 9.79. The smallest absolute Gasteiger partial charge is 0.127 e. The van der Waals surface area contributed by atoms with Crippen LogP contribution in [0.3, 0.4) is 0 Å². The van der Waals surface area contributed by atoms with E-state index in [1.54, 1.807) is 0 Å². The molecule has 0 radical (unpaired) electrons. The predicted octanol–water partition coefficient (Wildman–Crippen LogP) is 2.69. The zero-order valence-corrected chi connectivity index (χ0v) is 9.79. The van der Waals surface area contributed by atoms with Crippen LogP contribution in [0.1, 0.15) is 37.7 Å². The first-order valence-corrected chi connectivity index (χ1v) is 5.63. The summed E-state index contributed by atoms with van der Waals surface area (Å²) in [6.07, 6.45) is 6.48. The number of aromatic nitrogens is 2. The third-order valence-electron chi connectivity index (χ3n) is 2.60. The number of nitrogens with zero attached hydrogens (tertiary/aromatic N) is 2. The molecule has 0 unspecified atom stereocenters. The van der Waals surface area contributed by atoms with Crippen molar-refractivity contribution in [3.63, 3.8) is 0 Å². The standard InChI is InChI=1S/C12H21N3/c1-4-6-7-8-11-12(13)15(9-5-2)10(3)14-11/h5H,2,4,6-9,13H2,1,3H3. The Hall–Kier alpha value is -1.25. The molecule has 0 amide bonds. The molecule has 0 saturated heterocycles. The van der Waals surface area contributed by atoms with Crippen LogP contribution in [-0.2, 0) is 13.0 Å². The second-order valence-corrected chi connectivity index (χ2v) is 3.85. The van der Waals surface area contributed by atoms with E-state index in [1.165, 1.54) is 19.3 Å². The Kier molecular flexibility index (Phi) is 4.40. The molecule has 0 fully saturated rings. The van der Waals surface area contributed by atoms with E-state index in [0.717, 1.165) is 30.3 Å². The zero-order chi connectivity index (χ0) is 11.3. The summed E-state index contributed by atoms with van der Waals surface area (Å²) in [5, 5.41) is 0. The second-order valence-electron chi connectivity index (χ2n) is 3.85. The Morgan fingerprint density at radius 3 is 2.80 bits per heavy atom. The molecule has 1 aromatic heterocycles. The van der Waals surface area contributed by atoms with E-state index in [2.05, 4.69) is 18.5 Å². The molecule has 84 valence electrons. The summed E-state index contributed by atoms with van der Waals surface area (Å²) < 4.78 is 2.01. The maximum atomic E-state index is 6.03. The minimum absolute atomic E-state index is 0.748. The first kappa shape index (κ1) is 11.8. The molecular weight excluding hydrogens is 186 g/mol. The summed E-state index contributed by atoms with van der Waals surface area (Å²) in [4.78, 5) is 4.49. The number of unbranched alkanes of at least 4 members (excludes halogenated alkanes) is 2. The van der Waals surface area contributed by atoms with Crippen molar-refractivity contribution in [2.75, 3.05) is 5.73 Å². The van der Waals surface area contributed by atoms with Crippen LogP contribution in [0.15, 0.2) is 12.7 Å². The van der Waals surface area contributed by atoms with E-state index in [1.807, 2.05) is 17.6 Å². The lowest BCUT2D eigenvalue weighted by Crippen LogP contribution is -2.03. The van der Waals surface area contributed by atoms with Crippen molar-refractivity contribution in [1.29, 1.82) is 0 Å². The summed E-state index contributed by atoms with van der Waals surface area (Å²) >= 11 is 0. The van der Waals surface area contributed by atoms with Gasteiger partial charge in [0.15, 0.2) is 0 Å². The van der Waals surface area contributed by atoms with Gasteiger partial charge in [-0.05, 0) is 19.8 Å². The van der Waals surface area contributed by atoms with Crippen LogP contribution in [0.4, 0.5) is 5.82 Å². The topological polar surface area (TPSA) is 43.8 Å². The Bertz CT molecular complexity index is 326. The van der Waals surface area contributed by atoms with E-state index >= 15 is 0 Å². The maximum absolute atomic E-state index is 6.03. The van der Waals surface area contributed by atoms with E-state index in [4.69, 9.17) is 5.73 Å². The molecule has 1 rings (SSSR count). The van der Waals surface area contributed by atoms with Crippen LogP contribution in [0.25, 0.3) is 0 Å². The van der Waals surface area contributed by atoms with Gasteiger partial charge in [0.1, 0.15) is 11.6 Å². The predicted molar refractivity (Wildman–Crippen MR) is 64.8 cm³/mol. The van der Waals surface area contributed by atoms with Gasteiger partial charge in [-0.1, -0.05) is 25.8 Å². The molecule has 0 aromatic carbocycles. The SMILES string of the molecule is C=CCn1c(C)nc(CCCCC)c1N. The van der Waals surface area contributed by atoms with Crippen molar-refractivity contribution in [3.8, 4) is 0 Å². The van der Waals surface area contributed by atoms with Crippen LogP contribution in [0.5, 0.6) is 0 Å². The Balaban J connectivity index is 2.72. The van der Waals surface area contributed by atoms with Gasteiger partial charge in [-0.2, -0.15) is 0 Å².